The summed E-state index contributed by atoms with van der Waals surface area (Å²) in [6.45, 7) is 2.03. The van der Waals surface area contributed by atoms with Crippen molar-refractivity contribution in [3.8, 4) is 17.1 Å². The van der Waals surface area contributed by atoms with Gasteiger partial charge in [0.05, 0.1) is 7.11 Å². The van der Waals surface area contributed by atoms with Gasteiger partial charge in [0.25, 0.3) is 0 Å². The number of aromatic nitrogens is 2. The predicted octanol–water partition coefficient (Wildman–Crippen LogP) is 2.76. The molecule has 0 unspecified atom stereocenters. The summed E-state index contributed by atoms with van der Waals surface area (Å²) >= 11 is 3.50. The van der Waals surface area contributed by atoms with Crippen molar-refractivity contribution in [1.29, 1.82) is 0 Å². The molecule has 0 aliphatic heterocycles. The minimum Gasteiger partial charge on any atom is -0.497 e. The van der Waals surface area contributed by atoms with Crippen LogP contribution in [0.15, 0.2) is 28.7 Å². The Kier molecular flexibility index (Phi) is 4.34. The average molecular weight is 323 g/mol. The number of hydrazine groups is 1. The SMILES string of the molecule is CCc1cc(NN)nc(-c2cc(OC)ccc2Br)n1. The summed E-state index contributed by atoms with van der Waals surface area (Å²) in [4.78, 5) is 8.89. The molecule has 5 nitrogen and oxygen atoms in total. The second-order valence-electron chi connectivity index (χ2n) is 3.91. The fraction of sp³-hybridized carbons (Fsp3) is 0.231. The second-order valence-corrected chi connectivity index (χ2v) is 4.77. The van der Waals surface area contributed by atoms with Crippen LogP contribution < -0.4 is 16.0 Å². The summed E-state index contributed by atoms with van der Waals surface area (Å²) in [6, 6.07) is 7.50. The summed E-state index contributed by atoms with van der Waals surface area (Å²) in [5.74, 6) is 7.40. The van der Waals surface area contributed by atoms with Gasteiger partial charge in [-0.05, 0) is 24.6 Å². The van der Waals surface area contributed by atoms with Gasteiger partial charge in [-0.1, -0.05) is 22.9 Å². The molecule has 2 aromatic rings. The lowest BCUT2D eigenvalue weighted by Gasteiger charge is -2.09. The van der Waals surface area contributed by atoms with Crippen LogP contribution in [0.5, 0.6) is 5.75 Å². The maximum absolute atomic E-state index is 5.44. The number of nitrogens with zero attached hydrogens (tertiary/aromatic N) is 2. The molecule has 0 bridgehead atoms. The van der Waals surface area contributed by atoms with E-state index in [0.717, 1.165) is 27.9 Å². The predicted molar refractivity (Wildman–Crippen MR) is 78.9 cm³/mol. The van der Waals surface area contributed by atoms with Crippen molar-refractivity contribution in [2.75, 3.05) is 12.5 Å². The summed E-state index contributed by atoms with van der Waals surface area (Å²) in [5, 5.41) is 0. The Labute approximate surface area is 120 Å². The van der Waals surface area contributed by atoms with E-state index in [4.69, 9.17) is 10.6 Å². The lowest BCUT2D eigenvalue weighted by atomic mass is 10.2. The zero-order chi connectivity index (χ0) is 13.8. The molecule has 0 radical (unpaired) electrons. The first kappa shape index (κ1) is 13.8. The minimum absolute atomic E-state index is 0.594. The van der Waals surface area contributed by atoms with Gasteiger partial charge in [-0.2, -0.15) is 0 Å². The molecule has 0 saturated heterocycles. The van der Waals surface area contributed by atoms with Gasteiger partial charge in [0.15, 0.2) is 5.82 Å². The standard InChI is InChI=1S/C13H15BrN4O/c1-3-8-6-12(18-15)17-13(16-8)10-7-9(19-2)4-5-11(10)14/h4-7H,3,15H2,1-2H3,(H,16,17,18). The van der Waals surface area contributed by atoms with Gasteiger partial charge < -0.3 is 10.2 Å². The van der Waals surface area contributed by atoms with Crippen molar-refractivity contribution in [3.05, 3.63) is 34.4 Å². The van der Waals surface area contributed by atoms with Crippen LogP contribution in [0.2, 0.25) is 0 Å². The number of methoxy groups -OCH3 is 1. The highest BCUT2D eigenvalue weighted by Crippen LogP contribution is 2.30. The van der Waals surface area contributed by atoms with Crippen LogP contribution in [-0.4, -0.2) is 17.1 Å². The van der Waals surface area contributed by atoms with E-state index in [1.165, 1.54) is 0 Å². The topological polar surface area (TPSA) is 73.1 Å². The number of rotatable bonds is 4. The van der Waals surface area contributed by atoms with Crippen LogP contribution in [0.4, 0.5) is 5.82 Å². The molecule has 0 atom stereocenters. The fourth-order valence-corrected chi connectivity index (χ4v) is 2.10. The molecule has 19 heavy (non-hydrogen) atoms. The molecular formula is C13H15BrN4O. The molecule has 0 aliphatic carbocycles. The van der Waals surface area contributed by atoms with E-state index in [1.54, 1.807) is 7.11 Å². The first-order valence-electron chi connectivity index (χ1n) is 5.86. The van der Waals surface area contributed by atoms with Gasteiger partial charge in [0.1, 0.15) is 11.6 Å². The number of nitrogens with one attached hydrogen (secondary N) is 1. The maximum Gasteiger partial charge on any atom is 0.163 e. The number of halogens is 1. The lowest BCUT2D eigenvalue weighted by molar-refractivity contribution is 0.415. The number of nitrogens with two attached hydrogens (primary N) is 1. The van der Waals surface area contributed by atoms with E-state index < -0.39 is 0 Å². The number of nitrogen functional groups attached to an aromatic ring is 1. The molecule has 2 rings (SSSR count). The van der Waals surface area contributed by atoms with E-state index >= 15 is 0 Å². The molecule has 3 N–H and O–H groups in total. The third-order valence-electron chi connectivity index (χ3n) is 2.70. The van der Waals surface area contributed by atoms with Crippen molar-refractivity contribution in [1.82, 2.24) is 9.97 Å². The van der Waals surface area contributed by atoms with Gasteiger partial charge in [-0.25, -0.2) is 15.8 Å². The summed E-state index contributed by atoms with van der Waals surface area (Å²) < 4.78 is 6.13. The second kappa shape index (κ2) is 5.99. The number of ether oxygens (including phenoxy) is 1. The third-order valence-corrected chi connectivity index (χ3v) is 3.40. The van der Waals surface area contributed by atoms with Gasteiger partial charge in [0, 0.05) is 21.8 Å². The van der Waals surface area contributed by atoms with Crippen LogP contribution in [-0.2, 0) is 6.42 Å². The zero-order valence-corrected chi connectivity index (χ0v) is 12.4. The Morgan fingerprint density at radius 1 is 1.32 bits per heavy atom. The van der Waals surface area contributed by atoms with Crippen molar-refractivity contribution >= 4 is 21.7 Å². The summed E-state index contributed by atoms with van der Waals surface area (Å²) in [6.07, 6.45) is 0.811. The molecule has 100 valence electrons. The highest BCUT2D eigenvalue weighted by molar-refractivity contribution is 9.10. The molecule has 0 spiro atoms. The smallest absolute Gasteiger partial charge is 0.163 e. The van der Waals surface area contributed by atoms with Crippen LogP contribution in [0.3, 0.4) is 0 Å². The van der Waals surface area contributed by atoms with Crippen molar-refractivity contribution in [3.63, 3.8) is 0 Å². The largest absolute Gasteiger partial charge is 0.497 e. The van der Waals surface area contributed by atoms with Crippen LogP contribution >= 0.6 is 15.9 Å². The number of aryl methyl sites for hydroxylation is 1. The maximum atomic E-state index is 5.44. The lowest BCUT2D eigenvalue weighted by Crippen LogP contribution is -2.10. The minimum atomic E-state index is 0.594. The van der Waals surface area contributed by atoms with E-state index in [0.29, 0.717) is 11.6 Å². The fourth-order valence-electron chi connectivity index (χ4n) is 1.68. The Morgan fingerprint density at radius 3 is 2.74 bits per heavy atom. The molecule has 0 fully saturated rings. The van der Waals surface area contributed by atoms with Gasteiger partial charge >= 0.3 is 0 Å². The molecule has 1 aromatic heterocycles. The number of hydrogen-bond acceptors (Lipinski definition) is 5. The normalized spacial score (nSPS) is 10.3. The number of benzene rings is 1. The Balaban J connectivity index is 2.57. The highest BCUT2D eigenvalue weighted by Gasteiger charge is 2.10. The Hall–Kier alpha value is -1.66. The average Bonchev–Trinajstić information content (AvgIpc) is 2.47. The van der Waals surface area contributed by atoms with Crippen molar-refractivity contribution in [2.24, 2.45) is 5.84 Å². The zero-order valence-electron chi connectivity index (χ0n) is 10.8. The Morgan fingerprint density at radius 2 is 2.11 bits per heavy atom. The number of anilines is 1. The highest BCUT2D eigenvalue weighted by atomic mass is 79.9. The summed E-state index contributed by atoms with van der Waals surface area (Å²) in [5.41, 5.74) is 4.35. The van der Waals surface area contributed by atoms with Gasteiger partial charge in [-0.3, -0.25) is 0 Å². The molecule has 0 saturated carbocycles. The van der Waals surface area contributed by atoms with Crippen LogP contribution in [0.1, 0.15) is 12.6 Å². The van der Waals surface area contributed by atoms with Crippen LogP contribution in [0, 0.1) is 0 Å². The van der Waals surface area contributed by atoms with E-state index in [9.17, 15) is 0 Å². The van der Waals surface area contributed by atoms with E-state index in [1.807, 2.05) is 31.2 Å². The Bertz CT molecular complexity index is 567. The first-order valence-corrected chi connectivity index (χ1v) is 6.65. The summed E-state index contributed by atoms with van der Waals surface area (Å²) in [7, 11) is 1.63. The third kappa shape index (κ3) is 3.02. The van der Waals surface area contributed by atoms with Crippen molar-refractivity contribution < 1.29 is 4.74 Å². The van der Waals surface area contributed by atoms with Gasteiger partial charge in [-0.15, -0.1) is 0 Å². The van der Waals surface area contributed by atoms with Crippen LogP contribution in [0.25, 0.3) is 11.4 Å². The molecule has 0 amide bonds. The monoisotopic (exact) mass is 322 g/mol. The molecule has 1 aromatic carbocycles. The molecule has 1 heterocycles. The number of hydrogen-bond donors (Lipinski definition) is 2. The first-order chi connectivity index (χ1) is 9.17. The quantitative estimate of drug-likeness (QED) is 0.669. The van der Waals surface area contributed by atoms with Gasteiger partial charge in [0.2, 0.25) is 0 Å². The van der Waals surface area contributed by atoms with E-state index in [2.05, 4.69) is 31.3 Å². The van der Waals surface area contributed by atoms with Crippen molar-refractivity contribution in [2.45, 2.75) is 13.3 Å². The molecule has 0 aliphatic rings. The van der Waals surface area contributed by atoms with E-state index in [-0.39, 0.29) is 0 Å². The molecule has 6 heteroatoms. The molecular weight excluding hydrogens is 308 g/mol.